The summed E-state index contributed by atoms with van der Waals surface area (Å²) >= 11 is 8.55. The fourth-order valence-corrected chi connectivity index (χ4v) is 3.48. The van der Waals surface area contributed by atoms with Gasteiger partial charge in [-0.25, -0.2) is 0 Å². The molecular weight excluding hydrogens is 393 g/mol. The second kappa shape index (κ2) is 6.67. The molecule has 1 saturated carbocycles. The first kappa shape index (κ1) is 15.3. The molecule has 0 aromatic heterocycles. The van der Waals surface area contributed by atoms with Gasteiger partial charge >= 0.3 is 0 Å². The van der Waals surface area contributed by atoms with Gasteiger partial charge in [0.1, 0.15) is 0 Å². The molecule has 0 radical (unpaired) electrons. The smallest absolute Gasteiger partial charge is 0.0574 e. The summed E-state index contributed by atoms with van der Waals surface area (Å²) in [5.74, 6) is 0.766. The standard InChI is InChI=1S/C18H19ClIN/c1-21-18(15-8-9-17(20)16(19)11-15)14-7-3-6-13(10-14)12-4-2-5-12/h3,6-12,18,21H,2,4-5H2,1H3. The molecule has 0 bridgehead atoms. The highest BCUT2D eigenvalue weighted by atomic mass is 127. The molecule has 0 amide bonds. The van der Waals surface area contributed by atoms with Crippen molar-refractivity contribution in [3.8, 4) is 0 Å². The van der Waals surface area contributed by atoms with Gasteiger partial charge in [-0.05, 0) is 77.2 Å². The van der Waals surface area contributed by atoms with Gasteiger partial charge in [-0.1, -0.05) is 48.4 Å². The molecule has 3 rings (SSSR count). The van der Waals surface area contributed by atoms with Crippen LogP contribution in [-0.2, 0) is 0 Å². The number of halogens is 2. The average Bonchev–Trinajstić information content (AvgIpc) is 2.42. The molecule has 1 nitrogen and oxygen atoms in total. The number of hydrogen-bond acceptors (Lipinski definition) is 1. The maximum Gasteiger partial charge on any atom is 0.0574 e. The van der Waals surface area contributed by atoms with E-state index < -0.39 is 0 Å². The second-order valence-electron chi connectivity index (χ2n) is 5.69. The topological polar surface area (TPSA) is 12.0 Å². The minimum Gasteiger partial charge on any atom is -0.309 e. The van der Waals surface area contributed by atoms with Gasteiger partial charge in [0.15, 0.2) is 0 Å². The zero-order chi connectivity index (χ0) is 14.8. The zero-order valence-corrected chi connectivity index (χ0v) is 15.0. The molecule has 1 atom stereocenters. The summed E-state index contributed by atoms with van der Waals surface area (Å²) in [7, 11) is 2.01. The molecule has 1 unspecified atom stereocenters. The summed E-state index contributed by atoms with van der Waals surface area (Å²) < 4.78 is 1.09. The summed E-state index contributed by atoms with van der Waals surface area (Å²) in [5, 5.41) is 4.25. The monoisotopic (exact) mass is 411 g/mol. The highest BCUT2D eigenvalue weighted by Crippen LogP contribution is 2.37. The Kier molecular flexibility index (Phi) is 4.87. The van der Waals surface area contributed by atoms with Crippen LogP contribution < -0.4 is 5.32 Å². The van der Waals surface area contributed by atoms with Crippen molar-refractivity contribution < 1.29 is 0 Å². The van der Waals surface area contributed by atoms with Crippen LogP contribution in [-0.4, -0.2) is 7.05 Å². The summed E-state index contributed by atoms with van der Waals surface area (Å²) in [6.45, 7) is 0. The van der Waals surface area contributed by atoms with Crippen LogP contribution in [0.15, 0.2) is 42.5 Å². The molecule has 0 aliphatic heterocycles. The lowest BCUT2D eigenvalue weighted by molar-refractivity contribution is 0.419. The van der Waals surface area contributed by atoms with E-state index in [2.05, 4.69) is 70.4 Å². The van der Waals surface area contributed by atoms with Crippen LogP contribution in [0.25, 0.3) is 0 Å². The molecule has 1 aliphatic carbocycles. The Balaban J connectivity index is 1.93. The van der Waals surface area contributed by atoms with E-state index in [1.165, 1.54) is 36.0 Å². The lowest BCUT2D eigenvalue weighted by atomic mass is 9.79. The van der Waals surface area contributed by atoms with E-state index in [1.54, 1.807) is 0 Å². The molecule has 3 heteroatoms. The fourth-order valence-electron chi connectivity index (χ4n) is 2.95. The minimum atomic E-state index is 0.194. The van der Waals surface area contributed by atoms with Crippen LogP contribution in [0.4, 0.5) is 0 Å². The van der Waals surface area contributed by atoms with Crippen molar-refractivity contribution in [1.29, 1.82) is 0 Å². The van der Waals surface area contributed by atoms with Crippen molar-refractivity contribution in [3.05, 3.63) is 67.7 Å². The van der Waals surface area contributed by atoms with Gasteiger partial charge in [-0.15, -0.1) is 0 Å². The molecule has 1 N–H and O–H groups in total. The number of hydrogen-bond donors (Lipinski definition) is 1. The number of nitrogens with one attached hydrogen (secondary N) is 1. The van der Waals surface area contributed by atoms with Gasteiger partial charge in [0.05, 0.1) is 11.1 Å². The van der Waals surface area contributed by atoms with Crippen molar-refractivity contribution in [2.24, 2.45) is 0 Å². The zero-order valence-electron chi connectivity index (χ0n) is 12.1. The van der Waals surface area contributed by atoms with Crippen molar-refractivity contribution in [3.63, 3.8) is 0 Å². The van der Waals surface area contributed by atoms with Gasteiger partial charge in [-0.3, -0.25) is 0 Å². The SMILES string of the molecule is CNC(c1cccc(C2CCC2)c1)c1ccc(I)c(Cl)c1. The number of rotatable bonds is 4. The van der Waals surface area contributed by atoms with E-state index in [9.17, 15) is 0 Å². The Hall–Kier alpha value is -0.580. The normalized spacial score (nSPS) is 16.5. The quantitative estimate of drug-likeness (QED) is 0.653. The van der Waals surface area contributed by atoms with E-state index in [0.717, 1.165) is 14.5 Å². The first-order chi connectivity index (χ1) is 10.2. The molecule has 2 aromatic rings. The summed E-state index contributed by atoms with van der Waals surface area (Å²) in [5.41, 5.74) is 4.02. The van der Waals surface area contributed by atoms with Gasteiger partial charge in [0, 0.05) is 3.57 Å². The molecule has 1 aliphatic rings. The van der Waals surface area contributed by atoms with Crippen LogP contribution in [0.5, 0.6) is 0 Å². The highest BCUT2D eigenvalue weighted by molar-refractivity contribution is 14.1. The second-order valence-corrected chi connectivity index (χ2v) is 7.26. The number of benzene rings is 2. The predicted molar refractivity (Wildman–Crippen MR) is 98.1 cm³/mol. The van der Waals surface area contributed by atoms with Crippen LogP contribution in [0.3, 0.4) is 0 Å². The van der Waals surface area contributed by atoms with Crippen molar-refractivity contribution in [2.75, 3.05) is 7.05 Å². The molecular formula is C18H19ClIN. The summed E-state index contributed by atoms with van der Waals surface area (Å²) in [6, 6.07) is 15.5. The fraction of sp³-hybridized carbons (Fsp3) is 0.333. The van der Waals surface area contributed by atoms with Crippen molar-refractivity contribution in [1.82, 2.24) is 5.32 Å². The molecule has 0 spiro atoms. The molecule has 21 heavy (non-hydrogen) atoms. The molecule has 110 valence electrons. The maximum atomic E-state index is 6.28. The van der Waals surface area contributed by atoms with Crippen molar-refractivity contribution in [2.45, 2.75) is 31.2 Å². The first-order valence-electron chi connectivity index (χ1n) is 7.41. The molecule has 0 saturated heterocycles. The van der Waals surface area contributed by atoms with Crippen molar-refractivity contribution >= 4 is 34.2 Å². The van der Waals surface area contributed by atoms with Gasteiger partial charge in [-0.2, -0.15) is 0 Å². The highest BCUT2D eigenvalue weighted by Gasteiger charge is 2.21. The molecule has 0 heterocycles. The lowest BCUT2D eigenvalue weighted by Crippen LogP contribution is -2.18. The van der Waals surface area contributed by atoms with E-state index in [0.29, 0.717) is 0 Å². The summed E-state index contributed by atoms with van der Waals surface area (Å²) in [6.07, 6.45) is 4.04. The third-order valence-corrected chi connectivity index (χ3v) is 5.96. The van der Waals surface area contributed by atoms with Gasteiger partial charge in [0.2, 0.25) is 0 Å². The Morgan fingerprint density at radius 3 is 2.52 bits per heavy atom. The molecule has 2 aromatic carbocycles. The summed E-state index contributed by atoms with van der Waals surface area (Å²) in [4.78, 5) is 0. The van der Waals surface area contributed by atoms with E-state index in [-0.39, 0.29) is 6.04 Å². The third kappa shape index (κ3) is 3.27. The third-order valence-electron chi connectivity index (χ3n) is 4.39. The Morgan fingerprint density at radius 1 is 1.14 bits per heavy atom. The lowest BCUT2D eigenvalue weighted by Gasteiger charge is -2.27. The first-order valence-corrected chi connectivity index (χ1v) is 8.87. The Morgan fingerprint density at radius 2 is 1.90 bits per heavy atom. The van der Waals surface area contributed by atoms with Crippen LogP contribution in [0.1, 0.15) is 47.9 Å². The van der Waals surface area contributed by atoms with Gasteiger partial charge < -0.3 is 5.32 Å². The average molecular weight is 412 g/mol. The largest absolute Gasteiger partial charge is 0.309 e. The van der Waals surface area contributed by atoms with Gasteiger partial charge in [0.25, 0.3) is 0 Å². The Bertz CT molecular complexity index is 637. The predicted octanol–water partition coefficient (Wildman–Crippen LogP) is 5.52. The van der Waals surface area contributed by atoms with Crippen LogP contribution in [0.2, 0.25) is 5.02 Å². The molecule has 1 fully saturated rings. The van der Waals surface area contributed by atoms with Crippen LogP contribution in [0, 0.1) is 3.57 Å². The van der Waals surface area contributed by atoms with Crippen LogP contribution >= 0.6 is 34.2 Å². The Labute approximate surface area is 145 Å². The maximum absolute atomic E-state index is 6.28. The van der Waals surface area contributed by atoms with E-state index in [1.807, 2.05) is 7.05 Å². The van der Waals surface area contributed by atoms with E-state index >= 15 is 0 Å². The minimum absolute atomic E-state index is 0.194. The van der Waals surface area contributed by atoms with E-state index in [4.69, 9.17) is 11.6 Å².